The van der Waals surface area contributed by atoms with Crippen LogP contribution in [0, 0.1) is 0 Å². The van der Waals surface area contributed by atoms with Crippen LogP contribution < -0.4 is 5.32 Å². The summed E-state index contributed by atoms with van der Waals surface area (Å²) in [6.45, 7) is 4.83. The Morgan fingerprint density at radius 1 is 1.60 bits per heavy atom. The van der Waals surface area contributed by atoms with Gasteiger partial charge in [-0.15, -0.1) is 0 Å². The summed E-state index contributed by atoms with van der Waals surface area (Å²) in [6.07, 6.45) is 0.931. The summed E-state index contributed by atoms with van der Waals surface area (Å²) < 4.78 is 4.96. The van der Waals surface area contributed by atoms with Crippen molar-refractivity contribution in [3.05, 3.63) is 0 Å². The highest BCUT2D eigenvalue weighted by Gasteiger charge is 2.49. The van der Waals surface area contributed by atoms with Crippen LogP contribution in [0.5, 0.6) is 0 Å². The second-order valence-electron chi connectivity index (χ2n) is 3.80. The standard InChI is InChI=1S/C9H14N2O4/c1-5(2)15-8(14)9(3)6(7(12)13)10-4-11-9/h4-6H,1-3H3,(H,10,11)(H,12,13). The maximum Gasteiger partial charge on any atom is 0.336 e. The fourth-order valence-corrected chi connectivity index (χ4v) is 1.30. The van der Waals surface area contributed by atoms with Crippen molar-refractivity contribution in [1.82, 2.24) is 5.32 Å². The van der Waals surface area contributed by atoms with E-state index in [2.05, 4.69) is 10.3 Å². The van der Waals surface area contributed by atoms with Crippen molar-refractivity contribution in [1.29, 1.82) is 0 Å². The first kappa shape index (κ1) is 11.5. The maximum atomic E-state index is 11.7. The van der Waals surface area contributed by atoms with Crippen LogP contribution >= 0.6 is 0 Å². The van der Waals surface area contributed by atoms with Crippen LogP contribution in [-0.4, -0.2) is 41.1 Å². The molecule has 0 fully saturated rings. The minimum Gasteiger partial charge on any atom is -0.480 e. The van der Waals surface area contributed by atoms with Crippen molar-refractivity contribution < 1.29 is 19.4 Å². The molecule has 0 aliphatic carbocycles. The number of nitrogens with zero attached hydrogens (tertiary/aromatic N) is 1. The third kappa shape index (κ3) is 2.08. The molecule has 0 saturated heterocycles. The maximum absolute atomic E-state index is 11.7. The lowest BCUT2D eigenvalue weighted by atomic mass is 9.94. The molecule has 0 radical (unpaired) electrons. The van der Waals surface area contributed by atoms with Gasteiger partial charge in [0, 0.05) is 0 Å². The molecule has 0 saturated carbocycles. The number of carbonyl (C=O) groups excluding carboxylic acids is 1. The highest BCUT2D eigenvalue weighted by Crippen LogP contribution is 2.22. The van der Waals surface area contributed by atoms with Gasteiger partial charge in [0.15, 0.2) is 11.6 Å². The normalized spacial score (nSPS) is 28.9. The predicted molar refractivity (Wildman–Crippen MR) is 52.7 cm³/mol. The Morgan fingerprint density at radius 2 is 2.20 bits per heavy atom. The SMILES string of the molecule is CC(C)OC(=O)C1(C)N=CNC1C(=O)O. The monoisotopic (exact) mass is 214 g/mol. The zero-order valence-electron chi connectivity index (χ0n) is 8.85. The number of esters is 1. The van der Waals surface area contributed by atoms with Crippen molar-refractivity contribution in [3.63, 3.8) is 0 Å². The molecule has 84 valence electrons. The van der Waals surface area contributed by atoms with Crippen LogP contribution in [0.25, 0.3) is 0 Å². The van der Waals surface area contributed by atoms with Crippen molar-refractivity contribution >= 4 is 18.3 Å². The molecule has 2 atom stereocenters. The van der Waals surface area contributed by atoms with Gasteiger partial charge in [0.25, 0.3) is 0 Å². The molecule has 1 aliphatic rings. The van der Waals surface area contributed by atoms with Crippen molar-refractivity contribution in [3.8, 4) is 0 Å². The summed E-state index contributed by atoms with van der Waals surface area (Å²) in [6, 6.07) is -1.07. The van der Waals surface area contributed by atoms with Crippen LogP contribution in [-0.2, 0) is 14.3 Å². The van der Waals surface area contributed by atoms with Gasteiger partial charge in [0.05, 0.1) is 12.4 Å². The fraction of sp³-hybridized carbons (Fsp3) is 0.667. The quantitative estimate of drug-likeness (QED) is 0.634. The van der Waals surface area contributed by atoms with E-state index in [1.54, 1.807) is 13.8 Å². The second kappa shape index (κ2) is 3.88. The number of carboxylic acids is 1. The molecule has 15 heavy (non-hydrogen) atoms. The van der Waals surface area contributed by atoms with E-state index in [-0.39, 0.29) is 6.10 Å². The first-order chi connectivity index (χ1) is 6.88. The Morgan fingerprint density at radius 3 is 2.67 bits per heavy atom. The smallest absolute Gasteiger partial charge is 0.336 e. The van der Waals surface area contributed by atoms with Gasteiger partial charge in [-0.1, -0.05) is 0 Å². The Kier molecular flexibility index (Phi) is 2.97. The number of carboxylic acid groups (broad SMARTS) is 1. The lowest BCUT2D eigenvalue weighted by Gasteiger charge is -2.24. The van der Waals surface area contributed by atoms with E-state index in [1.807, 2.05) is 0 Å². The fourth-order valence-electron chi connectivity index (χ4n) is 1.30. The Hall–Kier alpha value is -1.59. The van der Waals surface area contributed by atoms with E-state index < -0.39 is 23.5 Å². The van der Waals surface area contributed by atoms with Crippen LogP contribution in [0.1, 0.15) is 20.8 Å². The summed E-state index contributed by atoms with van der Waals surface area (Å²) in [5.74, 6) is -1.76. The molecule has 0 aromatic heterocycles. The number of rotatable bonds is 3. The van der Waals surface area contributed by atoms with Crippen LogP contribution in [0.2, 0.25) is 0 Å². The number of hydrogen-bond acceptors (Lipinski definition) is 5. The molecule has 0 bridgehead atoms. The molecule has 1 aliphatic heterocycles. The highest BCUT2D eigenvalue weighted by molar-refractivity contribution is 5.94. The minimum absolute atomic E-state index is 0.292. The highest BCUT2D eigenvalue weighted by atomic mass is 16.5. The molecular weight excluding hydrogens is 200 g/mol. The Labute approximate surface area is 87.3 Å². The third-order valence-electron chi connectivity index (χ3n) is 2.14. The second-order valence-corrected chi connectivity index (χ2v) is 3.80. The van der Waals surface area contributed by atoms with Crippen LogP contribution in [0.3, 0.4) is 0 Å². The molecule has 0 aromatic carbocycles. The zero-order chi connectivity index (χ0) is 11.6. The summed E-state index contributed by atoms with van der Waals surface area (Å²) in [7, 11) is 0. The largest absolute Gasteiger partial charge is 0.480 e. The number of hydrogen-bond donors (Lipinski definition) is 2. The Balaban J connectivity index is 2.84. The third-order valence-corrected chi connectivity index (χ3v) is 2.14. The van der Waals surface area contributed by atoms with E-state index in [0.717, 1.165) is 0 Å². The van der Waals surface area contributed by atoms with Crippen LogP contribution in [0.15, 0.2) is 4.99 Å². The van der Waals surface area contributed by atoms with E-state index in [0.29, 0.717) is 0 Å². The molecule has 2 unspecified atom stereocenters. The topological polar surface area (TPSA) is 88.0 Å². The Bertz CT molecular complexity index is 313. The lowest BCUT2D eigenvalue weighted by Crippen LogP contribution is -2.53. The van der Waals surface area contributed by atoms with Gasteiger partial charge < -0.3 is 15.2 Å². The number of aliphatic carboxylic acids is 1. The van der Waals surface area contributed by atoms with Crippen molar-refractivity contribution in [2.75, 3.05) is 0 Å². The molecule has 0 amide bonds. The molecule has 0 spiro atoms. The van der Waals surface area contributed by atoms with E-state index in [9.17, 15) is 9.59 Å². The number of nitrogens with one attached hydrogen (secondary N) is 1. The van der Waals surface area contributed by atoms with Gasteiger partial charge in [0.1, 0.15) is 0 Å². The number of carbonyl (C=O) groups is 2. The molecule has 2 N–H and O–H groups in total. The van der Waals surface area contributed by atoms with Gasteiger partial charge in [0.2, 0.25) is 0 Å². The summed E-state index contributed by atoms with van der Waals surface area (Å²) >= 11 is 0. The molecule has 1 rings (SSSR count). The van der Waals surface area contributed by atoms with E-state index in [1.165, 1.54) is 13.3 Å². The van der Waals surface area contributed by atoms with Crippen molar-refractivity contribution in [2.45, 2.75) is 38.5 Å². The summed E-state index contributed by atoms with van der Waals surface area (Å²) in [4.78, 5) is 26.3. The van der Waals surface area contributed by atoms with Gasteiger partial charge in [-0.2, -0.15) is 0 Å². The first-order valence-electron chi connectivity index (χ1n) is 4.61. The summed E-state index contributed by atoms with van der Waals surface area (Å²) in [5.41, 5.74) is -1.38. The zero-order valence-corrected chi connectivity index (χ0v) is 8.85. The first-order valence-corrected chi connectivity index (χ1v) is 4.61. The molecule has 6 nitrogen and oxygen atoms in total. The van der Waals surface area contributed by atoms with Crippen molar-refractivity contribution in [2.24, 2.45) is 4.99 Å². The number of aliphatic imine (C=N–C) groups is 1. The van der Waals surface area contributed by atoms with Crippen LogP contribution in [0.4, 0.5) is 0 Å². The molecule has 1 heterocycles. The molecule has 0 aromatic rings. The van der Waals surface area contributed by atoms with E-state index >= 15 is 0 Å². The van der Waals surface area contributed by atoms with Gasteiger partial charge in [-0.05, 0) is 20.8 Å². The van der Waals surface area contributed by atoms with Gasteiger partial charge >= 0.3 is 11.9 Å². The molecule has 6 heteroatoms. The number of ether oxygens (including phenoxy) is 1. The predicted octanol–water partition coefficient (Wildman–Crippen LogP) is -0.219. The average molecular weight is 214 g/mol. The average Bonchev–Trinajstić information content (AvgIpc) is 2.47. The summed E-state index contributed by atoms with van der Waals surface area (Å²) in [5, 5.41) is 11.4. The minimum atomic E-state index is -1.38. The van der Waals surface area contributed by atoms with Gasteiger partial charge in [-0.3, -0.25) is 4.99 Å². The van der Waals surface area contributed by atoms with Gasteiger partial charge in [-0.25, -0.2) is 9.59 Å². The van der Waals surface area contributed by atoms with E-state index in [4.69, 9.17) is 9.84 Å². The lowest BCUT2D eigenvalue weighted by molar-refractivity contribution is -0.158. The molecular formula is C9H14N2O4.